The van der Waals surface area contributed by atoms with E-state index in [2.05, 4.69) is 0 Å². The van der Waals surface area contributed by atoms with Gasteiger partial charge >= 0.3 is 5.97 Å². The van der Waals surface area contributed by atoms with E-state index < -0.39 is 6.04 Å². The van der Waals surface area contributed by atoms with Crippen LogP contribution in [-0.4, -0.2) is 18.1 Å². The van der Waals surface area contributed by atoms with Crippen molar-refractivity contribution < 1.29 is 9.53 Å². The maximum atomic E-state index is 11.3. The van der Waals surface area contributed by atoms with Crippen LogP contribution in [0.15, 0.2) is 0 Å². The van der Waals surface area contributed by atoms with Crippen LogP contribution in [0.2, 0.25) is 0 Å². The lowest BCUT2D eigenvalue weighted by Gasteiger charge is -2.16. The van der Waals surface area contributed by atoms with Crippen LogP contribution in [0.1, 0.15) is 40.5 Å². The van der Waals surface area contributed by atoms with Crippen molar-refractivity contribution in [3.63, 3.8) is 0 Å². The number of carbonyl (C=O) groups is 1. The highest BCUT2D eigenvalue weighted by Crippen LogP contribution is 2.06. The van der Waals surface area contributed by atoms with E-state index in [4.69, 9.17) is 10.5 Å². The third-order valence-electron chi connectivity index (χ3n) is 1.92. The molecule has 0 aliphatic heterocycles. The minimum absolute atomic E-state index is 0.0225. The number of hydrogen-bond donors (Lipinski definition) is 1. The monoisotopic (exact) mass is 187 g/mol. The van der Waals surface area contributed by atoms with Gasteiger partial charge in [-0.1, -0.05) is 20.8 Å². The predicted molar refractivity (Wildman–Crippen MR) is 53.3 cm³/mol. The molecule has 2 N–H and O–H groups in total. The molecule has 0 heterocycles. The molecule has 0 fully saturated rings. The van der Waals surface area contributed by atoms with Gasteiger partial charge in [-0.2, -0.15) is 0 Å². The SMILES string of the molecule is CC[C@H](C)OC(=O)[C@H](N)CC(C)C. The van der Waals surface area contributed by atoms with Crippen molar-refractivity contribution in [1.29, 1.82) is 0 Å². The summed E-state index contributed by atoms with van der Waals surface area (Å²) in [6.07, 6.45) is 1.50. The molecule has 0 amide bonds. The van der Waals surface area contributed by atoms with E-state index in [1.165, 1.54) is 0 Å². The highest BCUT2D eigenvalue weighted by atomic mass is 16.5. The molecule has 3 heteroatoms. The molecule has 0 bridgehead atoms. The number of esters is 1. The molecule has 0 spiro atoms. The van der Waals surface area contributed by atoms with Gasteiger partial charge in [0.25, 0.3) is 0 Å². The summed E-state index contributed by atoms with van der Waals surface area (Å²) in [7, 11) is 0. The lowest BCUT2D eigenvalue weighted by molar-refractivity contribution is -0.150. The Labute approximate surface area is 80.6 Å². The second-order valence-corrected chi connectivity index (χ2v) is 3.89. The van der Waals surface area contributed by atoms with Crippen molar-refractivity contribution in [2.75, 3.05) is 0 Å². The standard InChI is InChI=1S/C10H21NO2/c1-5-8(4)13-10(12)9(11)6-7(2)3/h7-9H,5-6,11H2,1-4H3/t8-,9+/m0/s1. The van der Waals surface area contributed by atoms with Crippen LogP contribution in [0.3, 0.4) is 0 Å². The Bertz CT molecular complexity index is 157. The molecule has 0 aliphatic carbocycles. The topological polar surface area (TPSA) is 52.3 Å². The largest absolute Gasteiger partial charge is 0.462 e. The third-order valence-corrected chi connectivity index (χ3v) is 1.92. The molecule has 0 aromatic carbocycles. The minimum Gasteiger partial charge on any atom is -0.462 e. The van der Waals surface area contributed by atoms with Gasteiger partial charge in [-0.3, -0.25) is 4.79 Å². The van der Waals surface area contributed by atoms with E-state index in [9.17, 15) is 4.79 Å². The van der Waals surface area contributed by atoms with Gasteiger partial charge in [-0.25, -0.2) is 0 Å². The van der Waals surface area contributed by atoms with Crippen molar-refractivity contribution in [2.45, 2.75) is 52.7 Å². The molecule has 0 saturated heterocycles. The highest BCUT2D eigenvalue weighted by Gasteiger charge is 2.17. The molecule has 13 heavy (non-hydrogen) atoms. The number of nitrogens with two attached hydrogens (primary N) is 1. The number of carbonyl (C=O) groups excluding carboxylic acids is 1. The molecule has 0 aromatic rings. The first-order valence-corrected chi connectivity index (χ1v) is 4.93. The Morgan fingerprint density at radius 3 is 2.31 bits per heavy atom. The fraction of sp³-hybridized carbons (Fsp3) is 0.900. The van der Waals surface area contributed by atoms with E-state index in [-0.39, 0.29) is 12.1 Å². The summed E-state index contributed by atoms with van der Waals surface area (Å²) in [5.41, 5.74) is 5.65. The summed E-state index contributed by atoms with van der Waals surface area (Å²) >= 11 is 0. The van der Waals surface area contributed by atoms with Crippen molar-refractivity contribution >= 4 is 5.97 Å². The van der Waals surface area contributed by atoms with Crippen molar-refractivity contribution in [3.05, 3.63) is 0 Å². The van der Waals surface area contributed by atoms with Crippen LogP contribution in [0.5, 0.6) is 0 Å². The lowest BCUT2D eigenvalue weighted by Crippen LogP contribution is -2.35. The van der Waals surface area contributed by atoms with E-state index >= 15 is 0 Å². The van der Waals surface area contributed by atoms with E-state index in [0.717, 1.165) is 6.42 Å². The first-order valence-electron chi connectivity index (χ1n) is 4.93. The maximum absolute atomic E-state index is 11.3. The van der Waals surface area contributed by atoms with Crippen LogP contribution in [0.4, 0.5) is 0 Å². The van der Waals surface area contributed by atoms with Gasteiger partial charge < -0.3 is 10.5 Å². The van der Waals surface area contributed by atoms with E-state index in [1.807, 2.05) is 27.7 Å². The zero-order valence-electron chi connectivity index (χ0n) is 9.04. The quantitative estimate of drug-likeness (QED) is 0.666. The molecule has 0 aromatic heterocycles. The zero-order chi connectivity index (χ0) is 10.4. The van der Waals surface area contributed by atoms with Gasteiger partial charge in [-0.05, 0) is 25.7 Å². The van der Waals surface area contributed by atoms with Gasteiger partial charge in [0.15, 0.2) is 0 Å². The normalized spacial score (nSPS) is 15.5. The van der Waals surface area contributed by atoms with E-state index in [0.29, 0.717) is 12.3 Å². The van der Waals surface area contributed by atoms with Gasteiger partial charge in [0.05, 0.1) is 6.10 Å². The molecule has 2 atom stereocenters. The third kappa shape index (κ3) is 5.64. The molecule has 0 saturated carbocycles. The number of hydrogen-bond acceptors (Lipinski definition) is 3. The molecule has 0 unspecified atom stereocenters. The van der Waals surface area contributed by atoms with Crippen LogP contribution in [0, 0.1) is 5.92 Å². The summed E-state index contributed by atoms with van der Waals surface area (Å²) in [6.45, 7) is 7.93. The summed E-state index contributed by atoms with van der Waals surface area (Å²) in [5, 5.41) is 0. The number of ether oxygens (including phenoxy) is 1. The van der Waals surface area contributed by atoms with Gasteiger partial charge in [-0.15, -0.1) is 0 Å². The Kier molecular flexibility index (Phi) is 5.71. The predicted octanol–water partition coefficient (Wildman–Crippen LogP) is 1.70. The van der Waals surface area contributed by atoms with Crippen LogP contribution >= 0.6 is 0 Å². The second kappa shape index (κ2) is 5.97. The Morgan fingerprint density at radius 1 is 1.38 bits per heavy atom. The molecule has 0 rings (SSSR count). The minimum atomic E-state index is -0.464. The molecule has 0 aliphatic rings. The lowest BCUT2D eigenvalue weighted by atomic mass is 10.0. The first kappa shape index (κ1) is 12.4. The van der Waals surface area contributed by atoms with Crippen LogP contribution < -0.4 is 5.73 Å². The van der Waals surface area contributed by atoms with Crippen molar-refractivity contribution in [1.82, 2.24) is 0 Å². The summed E-state index contributed by atoms with van der Waals surface area (Å²) < 4.78 is 5.10. The van der Waals surface area contributed by atoms with Gasteiger partial charge in [0.1, 0.15) is 6.04 Å². The van der Waals surface area contributed by atoms with Crippen LogP contribution in [0.25, 0.3) is 0 Å². The zero-order valence-corrected chi connectivity index (χ0v) is 9.04. The Hall–Kier alpha value is -0.570. The fourth-order valence-corrected chi connectivity index (χ4v) is 0.973. The Morgan fingerprint density at radius 2 is 1.92 bits per heavy atom. The maximum Gasteiger partial charge on any atom is 0.323 e. The average Bonchev–Trinajstić information content (AvgIpc) is 2.02. The van der Waals surface area contributed by atoms with Crippen LogP contribution in [-0.2, 0) is 9.53 Å². The van der Waals surface area contributed by atoms with Crippen molar-refractivity contribution in [2.24, 2.45) is 11.7 Å². The second-order valence-electron chi connectivity index (χ2n) is 3.89. The molecule has 3 nitrogen and oxygen atoms in total. The molecular formula is C10H21NO2. The summed E-state index contributed by atoms with van der Waals surface area (Å²) in [5.74, 6) is 0.155. The highest BCUT2D eigenvalue weighted by molar-refractivity contribution is 5.75. The average molecular weight is 187 g/mol. The van der Waals surface area contributed by atoms with Gasteiger partial charge in [0, 0.05) is 0 Å². The van der Waals surface area contributed by atoms with Gasteiger partial charge in [0.2, 0.25) is 0 Å². The number of rotatable bonds is 5. The molecule has 0 radical (unpaired) electrons. The Balaban J connectivity index is 3.82. The van der Waals surface area contributed by atoms with E-state index in [1.54, 1.807) is 0 Å². The smallest absolute Gasteiger partial charge is 0.323 e. The first-order chi connectivity index (χ1) is 5.97. The summed E-state index contributed by atoms with van der Waals surface area (Å²) in [6, 6.07) is -0.464. The summed E-state index contributed by atoms with van der Waals surface area (Å²) in [4.78, 5) is 11.3. The fourth-order valence-electron chi connectivity index (χ4n) is 0.973. The molecule has 78 valence electrons. The van der Waals surface area contributed by atoms with Crippen molar-refractivity contribution in [3.8, 4) is 0 Å². The molecular weight excluding hydrogens is 166 g/mol.